The first kappa shape index (κ1) is 18.4. The van der Waals surface area contributed by atoms with Crippen molar-refractivity contribution in [1.82, 2.24) is 0 Å². The Morgan fingerprint density at radius 3 is 2.16 bits per heavy atom. The maximum Gasteiger partial charge on any atom is 0.156 e. The quantitative estimate of drug-likeness (QED) is 0.711. The second kappa shape index (κ2) is 10.2. The molecule has 0 fully saturated rings. The minimum Gasteiger partial charge on any atom is -0.396 e. The molecule has 0 aromatic rings. The van der Waals surface area contributed by atoms with Gasteiger partial charge in [0.25, 0.3) is 0 Å². The SMILES string of the molecule is CC1=CC(=O)CC(C)(C)C1.CCCCCCCCO. The lowest BCUT2D eigenvalue weighted by Crippen LogP contribution is -2.20. The van der Waals surface area contributed by atoms with Crippen LogP contribution in [0.4, 0.5) is 0 Å². The van der Waals surface area contributed by atoms with E-state index in [4.69, 9.17) is 5.11 Å². The first-order valence-electron chi connectivity index (χ1n) is 7.72. The number of hydrogen-bond acceptors (Lipinski definition) is 2. The molecule has 0 saturated carbocycles. The van der Waals surface area contributed by atoms with Gasteiger partial charge in [-0.3, -0.25) is 4.79 Å². The Bertz CT molecular complexity index is 271. The molecule has 1 aliphatic rings. The molecule has 19 heavy (non-hydrogen) atoms. The van der Waals surface area contributed by atoms with Gasteiger partial charge in [0, 0.05) is 13.0 Å². The molecule has 0 aromatic heterocycles. The summed E-state index contributed by atoms with van der Waals surface area (Å²) in [6.07, 6.45) is 11.0. The Morgan fingerprint density at radius 1 is 1.11 bits per heavy atom. The van der Waals surface area contributed by atoms with Crippen molar-refractivity contribution < 1.29 is 9.90 Å². The van der Waals surface area contributed by atoms with Crippen LogP contribution >= 0.6 is 0 Å². The molecule has 0 unspecified atom stereocenters. The summed E-state index contributed by atoms with van der Waals surface area (Å²) in [4.78, 5) is 11.0. The smallest absolute Gasteiger partial charge is 0.156 e. The summed E-state index contributed by atoms with van der Waals surface area (Å²) in [5, 5.41) is 8.42. The molecule has 0 bridgehead atoms. The highest BCUT2D eigenvalue weighted by Gasteiger charge is 2.25. The highest BCUT2D eigenvalue weighted by Crippen LogP contribution is 2.32. The largest absolute Gasteiger partial charge is 0.396 e. The summed E-state index contributed by atoms with van der Waals surface area (Å²) in [7, 11) is 0. The van der Waals surface area contributed by atoms with Crippen LogP contribution in [0.2, 0.25) is 0 Å². The molecule has 0 aliphatic heterocycles. The molecule has 0 aromatic carbocycles. The van der Waals surface area contributed by atoms with Gasteiger partial charge >= 0.3 is 0 Å². The number of carbonyl (C=O) groups is 1. The van der Waals surface area contributed by atoms with Crippen molar-refractivity contribution in [2.45, 2.75) is 79.1 Å². The van der Waals surface area contributed by atoms with Crippen LogP contribution in [0.25, 0.3) is 0 Å². The predicted molar refractivity (Wildman–Crippen MR) is 82.2 cm³/mol. The van der Waals surface area contributed by atoms with Crippen molar-refractivity contribution in [1.29, 1.82) is 0 Å². The number of aliphatic hydroxyl groups excluding tert-OH is 1. The second-order valence-corrected chi connectivity index (χ2v) is 6.47. The number of carbonyl (C=O) groups excluding carboxylic acids is 1. The van der Waals surface area contributed by atoms with E-state index in [0.717, 1.165) is 12.8 Å². The minimum absolute atomic E-state index is 0.204. The van der Waals surface area contributed by atoms with Crippen LogP contribution in [0.15, 0.2) is 11.6 Å². The van der Waals surface area contributed by atoms with Crippen LogP contribution in [0.3, 0.4) is 0 Å². The third-order valence-electron chi connectivity index (χ3n) is 3.33. The van der Waals surface area contributed by atoms with E-state index in [2.05, 4.69) is 20.8 Å². The molecule has 2 nitrogen and oxygen atoms in total. The molecule has 112 valence electrons. The molecule has 1 N–H and O–H groups in total. The third kappa shape index (κ3) is 10.9. The first-order valence-corrected chi connectivity index (χ1v) is 7.72. The van der Waals surface area contributed by atoms with E-state index in [1.807, 2.05) is 6.92 Å². The lowest BCUT2D eigenvalue weighted by atomic mass is 9.77. The zero-order valence-corrected chi connectivity index (χ0v) is 13.3. The summed E-state index contributed by atoms with van der Waals surface area (Å²) in [6, 6.07) is 0. The molecule has 0 radical (unpaired) electrons. The number of rotatable bonds is 6. The number of unbranched alkanes of at least 4 members (excludes halogenated alkanes) is 5. The average molecular weight is 268 g/mol. The number of hydrogen-bond donors (Lipinski definition) is 1. The average Bonchev–Trinajstić information content (AvgIpc) is 2.26. The molecule has 0 saturated heterocycles. The number of ketones is 1. The van der Waals surface area contributed by atoms with Gasteiger partial charge in [0.05, 0.1) is 0 Å². The second-order valence-electron chi connectivity index (χ2n) is 6.47. The highest BCUT2D eigenvalue weighted by molar-refractivity contribution is 5.91. The van der Waals surface area contributed by atoms with E-state index in [0.29, 0.717) is 13.0 Å². The monoisotopic (exact) mass is 268 g/mol. The standard InChI is InChI=1S/C9H14O.C8H18O/c1-7-4-8(10)6-9(2,3)5-7;1-2-3-4-5-6-7-8-9/h4H,5-6H2,1-3H3;9H,2-8H2,1H3. The Hall–Kier alpha value is -0.630. The normalized spacial score (nSPS) is 17.5. The predicted octanol–water partition coefficient (Wildman–Crippen LogP) is 4.66. The molecule has 0 amide bonds. The van der Waals surface area contributed by atoms with E-state index in [9.17, 15) is 4.79 Å². The van der Waals surface area contributed by atoms with Crippen molar-refractivity contribution >= 4 is 5.78 Å². The maximum absolute atomic E-state index is 11.0. The number of aliphatic hydroxyl groups is 1. The van der Waals surface area contributed by atoms with Gasteiger partial charge in [-0.2, -0.15) is 0 Å². The van der Waals surface area contributed by atoms with E-state index in [1.165, 1.54) is 37.7 Å². The van der Waals surface area contributed by atoms with Crippen molar-refractivity contribution in [3.63, 3.8) is 0 Å². The lowest BCUT2D eigenvalue weighted by Gasteiger charge is -2.27. The van der Waals surface area contributed by atoms with Crippen LogP contribution in [0, 0.1) is 5.41 Å². The molecule has 0 atom stereocenters. The van der Waals surface area contributed by atoms with Crippen molar-refractivity contribution in [3.8, 4) is 0 Å². The fourth-order valence-corrected chi connectivity index (χ4v) is 2.56. The fourth-order valence-electron chi connectivity index (χ4n) is 2.56. The van der Waals surface area contributed by atoms with Crippen molar-refractivity contribution in [3.05, 3.63) is 11.6 Å². The number of allylic oxidation sites excluding steroid dienone is 2. The molecular formula is C17H32O2. The molecule has 1 rings (SSSR count). The van der Waals surface area contributed by atoms with Crippen LogP contribution in [0.5, 0.6) is 0 Å². The van der Waals surface area contributed by atoms with Crippen molar-refractivity contribution in [2.24, 2.45) is 5.41 Å². The van der Waals surface area contributed by atoms with Crippen LogP contribution in [-0.2, 0) is 4.79 Å². The Morgan fingerprint density at radius 2 is 1.68 bits per heavy atom. The van der Waals surface area contributed by atoms with Crippen molar-refractivity contribution in [2.75, 3.05) is 6.61 Å². The van der Waals surface area contributed by atoms with Gasteiger partial charge in [-0.15, -0.1) is 0 Å². The minimum atomic E-state index is 0.204. The van der Waals surface area contributed by atoms with Gasteiger partial charge in [-0.1, -0.05) is 58.4 Å². The summed E-state index contributed by atoms with van der Waals surface area (Å²) >= 11 is 0. The molecular weight excluding hydrogens is 236 g/mol. The maximum atomic E-state index is 11.0. The molecule has 2 heteroatoms. The van der Waals surface area contributed by atoms with Gasteiger partial charge in [0.15, 0.2) is 5.78 Å². The molecule has 0 heterocycles. The Balaban J connectivity index is 0.000000344. The Labute approximate surface area is 119 Å². The summed E-state index contributed by atoms with van der Waals surface area (Å²) < 4.78 is 0. The highest BCUT2D eigenvalue weighted by atomic mass is 16.2. The van der Waals surface area contributed by atoms with E-state index in [1.54, 1.807) is 6.08 Å². The molecule has 0 spiro atoms. The van der Waals surface area contributed by atoms with E-state index >= 15 is 0 Å². The summed E-state index contributed by atoms with van der Waals surface area (Å²) in [5.41, 5.74) is 1.43. The topological polar surface area (TPSA) is 37.3 Å². The zero-order chi connectivity index (χ0) is 14.7. The molecule has 1 aliphatic carbocycles. The van der Waals surface area contributed by atoms with Crippen LogP contribution in [-0.4, -0.2) is 17.5 Å². The van der Waals surface area contributed by atoms with Gasteiger partial charge in [0.1, 0.15) is 0 Å². The van der Waals surface area contributed by atoms with Gasteiger partial charge in [0.2, 0.25) is 0 Å². The van der Waals surface area contributed by atoms with E-state index < -0.39 is 0 Å². The summed E-state index contributed by atoms with van der Waals surface area (Å²) in [5.74, 6) is 0.286. The lowest BCUT2D eigenvalue weighted by molar-refractivity contribution is -0.117. The first-order chi connectivity index (χ1) is 8.91. The fraction of sp³-hybridized carbons (Fsp3) is 0.824. The third-order valence-corrected chi connectivity index (χ3v) is 3.33. The summed E-state index contributed by atoms with van der Waals surface area (Å²) in [6.45, 7) is 8.89. The van der Waals surface area contributed by atoms with Gasteiger partial charge in [-0.05, 0) is 31.3 Å². The van der Waals surface area contributed by atoms with Crippen LogP contribution < -0.4 is 0 Å². The van der Waals surface area contributed by atoms with Crippen LogP contribution in [0.1, 0.15) is 79.1 Å². The Kier molecular flexibility index (Phi) is 9.85. The van der Waals surface area contributed by atoms with Gasteiger partial charge < -0.3 is 5.11 Å². The van der Waals surface area contributed by atoms with E-state index in [-0.39, 0.29) is 11.2 Å². The van der Waals surface area contributed by atoms with Gasteiger partial charge in [-0.25, -0.2) is 0 Å². The zero-order valence-electron chi connectivity index (χ0n) is 13.3.